The van der Waals surface area contributed by atoms with Crippen LogP contribution in [0.3, 0.4) is 0 Å². The van der Waals surface area contributed by atoms with Crippen molar-refractivity contribution in [3.8, 4) is 0 Å². The van der Waals surface area contributed by atoms with Crippen LogP contribution in [0, 0.1) is 10.7 Å². The van der Waals surface area contributed by atoms with Crippen molar-refractivity contribution in [2.24, 2.45) is 5.92 Å². The summed E-state index contributed by atoms with van der Waals surface area (Å²) in [5.41, 5.74) is -0.558. The molecule has 0 saturated heterocycles. The Morgan fingerprint density at radius 1 is 1.60 bits per heavy atom. The third-order valence-electron chi connectivity index (χ3n) is 2.90. The van der Waals surface area contributed by atoms with E-state index in [9.17, 15) is 4.79 Å². The Hall–Kier alpha value is -1.57. The highest BCUT2D eigenvalue weighted by Crippen LogP contribution is 2.22. The van der Waals surface area contributed by atoms with E-state index in [0.29, 0.717) is 10.6 Å². The summed E-state index contributed by atoms with van der Waals surface area (Å²) in [6.45, 7) is 9.45. The third-order valence-corrected chi connectivity index (χ3v) is 3.18. The number of aromatic nitrogens is 3. The highest BCUT2D eigenvalue weighted by Gasteiger charge is 2.27. The number of rotatable bonds is 4. The standard InChI is InChI=1S/C12H23N5O2S/c1-6-7(2)8(9-15-16-10(20)17(9)13)14-11(18)19-12(3,4)5/h7-8H,6,13H2,1-5H3,(H,14,18)(H,16,20). The van der Waals surface area contributed by atoms with Gasteiger partial charge < -0.3 is 15.9 Å². The number of carbonyl (C=O) groups excluding carboxylic acids is 1. The van der Waals surface area contributed by atoms with Gasteiger partial charge in [0.1, 0.15) is 5.60 Å². The van der Waals surface area contributed by atoms with E-state index >= 15 is 0 Å². The molecule has 4 N–H and O–H groups in total. The van der Waals surface area contributed by atoms with E-state index in [-0.39, 0.29) is 12.0 Å². The summed E-state index contributed by atoms with van der Waals surface area (Å²) < 4.78 is 6.84. The second kappa shape index (κ2) is 6.25. The van der Waals surface area contributed by atoms with Gasteiger partial charge in [0, 0.05) is 0 Å². The summed E-state index contributed by atoms with van der Waals surface area (Å²) >= 11 is 4.99. The summed E-state index contributed by atoms with van der Waals surface area (Å²) in [5.74, 6) is 6.44. The van der Waals surface area contributed by atoms with Crippen LogP contribution >= 0.6 is 12.2 Å². The van der Waals surface area contributed by atoms with Crippen LogP contribution in [-0.2, 0) is 4.74 Å². The first-order valence-electron chi connectivity index (χ1n) is 6.57. The second-order valence-corrected chi connectivity index (χ2v) is 6.15. The van der Waals surface area contributed by atoms with Gasteiger partial charge in [-0.3, -0.25) is 5.10 Å². The zero-order valence-electron chi connectivity index (χ0n) is 12.6. The van der Waals surface area contributed by atoms with E-state index in [4.69, 9.17) is 22.8 Å². The number of aromatic amines is 1. The fourth-order valence-electron chi connectivity index (χ4n) is 1.67. The quantitative estimate of drug-likeness (QED) is 0.585. The number of amides is 1. The van der Waals surface area contributed by atoms with Crippen molar-refractivity contribution in [1.82, 2.24) is 20.2 Å². The van der Waals surface area contributed by atoms with Gasteiger partial charge in [-0.15, -0.1) is 0 Å². The molecule has 1 amide bonds. The molecule has 1 heterocycles. The van der Waals surface area contributed by atoms with E-state index in [1.165, 1.54) is 4.68 Å². The van der Waals surface area contributed by atoms with Gasteiger partial charge in [0.05, 0.1) is 6.04 Å². The summed E-state index contributed by atoms with van der Waals surface area (Å²) in [6, 6.07) is -0.368. The number of nitrogen functional groups attached to an aromatic ring is 1. The van der Waals surface area contributed by atoms with Crippen molar-refractivity contribution in [2.45, 2.75) is 52.7 Å². The molecular formula is C12H23N5O2S. The molecule has 1 aromatic rings. The molecule has 20 heavy (non-hydrogen) atoms. The zero-order valence-corrected chi connectivity index (χ0v) is 13.4. The maximum absolute atomic E-state index is 11.9. The van der Waals surface area contributed by atoms with E-state index in [2.05, 4.69) is 15.5 Å². The van der Waals surface area contributed by atoms with Gasteiger partial charge in [-0.1, -0.05) is 20.3 Å². The third kappa shape index (κ3) is 4.22. The van der Waals surface area contributed by atoms with E-state index in [1.807, 2.05) is 34.6 Å². The van der Waals surface area contributed by atoms with Crippen LogP contribution in [0.4, 0.5) is 4.79 Å². The monoisotopic (exact) mass is 301 g/mol. The summed E-state index contributed by atoms with van der Waals surface area (Å²) in [6.07, 6.45) is 0.344. The van der Waals surface area contributed by atoms with Crippen LogP contribution in [0.25, 0.3) is 0 Å². The molecule has 8 heteroatoms. The fourth-order valence-corrected chi connectivity index (χ4v) is 1.81. The Morgan fingerprint density at radius 2 is 2.20 bits per heavy atom. The first-order valence-corrected chi connectivity index (χ1v) is 6.98. The largest absolute Gasteiger partial charge is 0.444 e. The Balaban J connectivity index is 2.94. The minimum atomic E-state index is -0.558. The molecule has 2 unspecified atom stereocenters. The first kappa shape index (κ1) is 16.5. The van der Waals surface area contributed by atoms with Gasteiger partial charge in [0.2, 0.25) is 4.77 Å². The summed E-state index contributed by atoms with van der Waals surface area (Å²) in [7, 11) is 0. The highest BCUT2D eigenvalue weighted by atomic mass is 32.1. The van der Waals surface area contributed by atoms with E-state index < -0.39 is 11.7 Å². The van der Waals surface area contributed by atoms with Crippen LogP contribution in [0.5, 0.6) is 0 Å². The lowest BCUT2D eigenvalue weighted by atomic mass is 9.99. The first-order chi connectivity index (χ1) is 9.15. The molecule has 0 aliphatic carbocycles. The summed E-state index contributed by atoms with van der Waals surface area (Å²) in [5, 5.41) is 9.51. The zero-order chi connectivity index (χ0) is 15.5. The number of carbonyl (C=O) groups is 1. The number of nitrogens with zero attached hydrogens (tertiary/aromatic N) is 2. The average Bonchev–Trinajstić information content (AvgIpc) is 2.64. The molecule has 114 valence electrons. The molecule has 0 aliphatic rings. The van der Waals surface area contributed by atoms with E-state index in [0.717, 1.165) is 6.42 Å². The average molecular weight is 301 g/mol. The van der Waals surface area contributed by atoms with Crippen molar-refractivity contribution in [3.63, 3.8) is 0 Å². The lowest BCUT2D eigenvalue weighted by molar-refractivity contribution is 0.0482. The van der Waals surface area contributed by atoms with Crippen LogP contribution in [0.15, 0.2) is 0 Å². The minimum absolute atomic E-state index is 0.134. The van der Waals surface area contributed by atoms with E-state index in [1.54, 1.807) is 0 Å². The van der Waals surface area contributed by atoms with Gasteiger partial charge in [-0.2, -0.15) is 5.10 Å². The topological polar surface area (TPSA) is 98.0 Å². The van der Waals surface area contributed by atoms with Crippen LogP contribution < -0.4 is 11.2 Å². The predicted molar refractivity (Wildman–Crippen MR) is 79.1 cm³/mol. The number of hydrogen-bond donors (Lipinski definition) is 3. The molecule has 7 nitrogen and oxygen atoms in total. The molecule has 0 radical (unpaired) electrons. The summed E-state index contributed by atoms with van der Waals surface area (Å²) in [4.78, 5) is 11.9. The van der Waals surface area contributed by atoms with Gasteiger partial charge in [-0.05, 0) is 38.9 Å². The number of H-pyrrole nitrogens is 1. The van der Waals surface area contributed by atoms with Crippen LogP contribution in [0.2, 0.25) is 0 Å². The van der Waals surface area contributed by atoms with Crippen molar-refractivity contribution in [1.29, 1.82) is 0 Å². The molecule has 1 aromatic heterocycles. The number of ether oxygens (including phenoxy) is 1. The molecule has 0 aromatic carbocycles. The molecule has 0 bridgehead atoms. The SMILES string of the molecule is CCC(C)C(NC(=O)OC(C)(C)C)c1n[nH]c(=S)n1N. The number of nitrogens with one attached hydrogen (secondary N) is 2. The van der Waals surface area contributed by atoms with Crippen LogP contribution in [0.1, 0.15) is 52.9 Å². The maximum Gasteiger partial charge on any atom is 0.408 e. The predicted octanol–water partition coefficient (Wildman–Crippen LogP) is 2.27. The lowest BCUT2D eigenvalue weighted by Crippen LogP contribution is -2.39. The molecule has 1 rings (SSSR count). The van der Waals surface area contributed by atoms with Crippen LogP contribution in [-0.4, -0.2) is 26.6 Å². The second-order valence-electron chi connectivity index (χ2n) is 5.77. The Bertz CT molecular complexity index is 517. The molecule has 0 aliphatic heterocycles. The highest BCUT2D eigenvalue weighted by molar-refractivity contribution is 7.71. The van der Waals surface area contributed by atoms with Gasteiger partial charge >= 0.3 is 6.09 Å². The number of alkyl carbamates (subject to hydrolysis) is 1. The minimum Gasteiger partial charge on any atom is -0.444 e. The van der Waals surface area contributed by atoms with Crippen molar-refractivity contribution >= 4 is 18.3 Å². The Morgan fingerprint density at radius 3 is 2.60 bits per heavy atom. The Labute approximate surface area is 123 Å². The molecule has 0 fully saturated rings. The smallest absolute Gasteiger partial charge is 0.408 e. The Kier molecular flexibility index (Phi) is 5.15. The van der Waals surface area contributed by atoms with Crippen molar-refractivity contribution < 1.29 is 9.53 Å². The molecular weight excluding hydrogens is 278 g/mol. The molecule has 2 atom stereocenters. The lowest BCUT2D eigenvalue weighted by Gasteiger charge is -2.26. The van der Waals surface area contributed by atoms with Gasteiger partial charge in [0.25, 0.3) is 0 Å². The maximum atomic E-state index is 11.9. The van der Waals surface area contributed by atoms with Crippen molar-refractivity contribution in [3.05, 3.63) is 10.6 Å². The van der Waals surface area contributed by atoms with Gasteiger partial charge in [-0.25, -0.2) is 9.47 Å². The number of hydrogen-bond acceptors (Lipinski definition) is 5. The number of nitrogens with two attached hydrogens (primary N) is 1. The normalized spacial score (nSPS) is 14.7. The van der Waals surface area contributed by atoms with Gasteiger partial charge in [0.15, 0.2) is 5.82 Å². The van der Waals surface area contributed by atoms with Crippen molar-refractivity contribution in [2.75, 3.05) is 5.84 Å². The fraction of sp³-hybridized carbons (Fsp3) is 0.750. The molecule has 0 saturated carbocycles. The molecule has 0 spiro atoms.